The molecule has 1 saturated heterocycles. The van der Waals surface area contributed by atoms with Crippen LogP contribution < -0.4 is 5.32 Å². The molecule has 0 bridgehead atoms. The molecule has 30 heavy (non-hydrogen) atoms. The summed E-state index contributed by atoms with van der Waals surface area (Å²) in [5, 5.41) is 4.34. The van der Waals surface area contributed by atoms with E-state index in [1.165, 1.54) is 15.9 Å². The average molecular weight is 451 g/mol. The summed E-state index contributed by atoms with van der Waals surface area (Å²) in [7, 11) is -3.73. The molecule has 162 valence electrons. The number of hydrogen-bond donors (Lipinski definition) is 1. The standard InChI is InChI=1S/C21H26N2O5S2/c1-14-6-7-17(12-15(14)2)16(3)22-19(24)13-28-21(25)20-18(8-11-29-20)30(26,27)23-9-4-5-10-23/h6-8,11-12,16H,4-5,9-10,13H2,1-3H3,(H,22,24). The average Bonchev–Trinajstić information content (AvgIpc) is 3.40. The molecule has 3 rings (SSSR count). The maximum absolute atomic E-state index is 12.8. The number of aryl methyl sites for hydroxylation is 2. The molecular weight excluding hydrogens is 424 g/mol. The number of nitrogens with one attached hydrogen (secondary N) is 1. The van der Waals surface area contributed by atoms with Crippen LogP contribution in [0.1, 0.15) is 52.2 Å². The van der Waals surface area contributed by atoms with Gasteiger partial charge in [-0.25, -0.2) is 13.2 Å². The summed E-state index contributed by atoms with van der Waals surface area (Å²) in [6, 6.07) is 7.11. The topological polar surface area (TPSA) is 92.8 Å². The van der Waals surface area contributed by atoms with Crippen LogP contribution in [-0.4, -0.2) is 44.3 Å². The van der Waals surface area contributed by atoms with Crippen LogP contribution >= 0.6 is 11.3 Å². The Hall–Kier alpha value is -2.23. The van der Waals surface area contributed by atoms with Gasteiger partial charge in [-0.05, 0) is 61.7 Å². The summed E-state index contributed by atoms with van der Waals surface area (Å²) in [5.41, 5.74) is 3.25. The molecule has 2 heterocycles. The van der Waals surface area contributed by atoms with Crippen molar-refractivity contribution in [2.75, 3.05) is 19.7 Å². The summed E-state index contributed by atoms with van der Waals surface area (Å²) in [4.78, 5) is 24.6. The van der Waals surface area contributed by atoms with Crippen molar-refractivity contribution in [3.63, 3.8) is 0 Å². The fourth-order valence-corrected chi connectivity index (χ4v) is 6.11. The lowest BCUT2D eigenvalue weighted by atomic mass is 10.0. The van der Waals surface area contributed by atoms with Crippen molar-refractivity contribution in [1.29, 1.82) is 0 Å². The normalized spacial score (nSPS) is 15.7. The van der Waals surface area contributed by atoms with Gasteiger partial charge in [-0.15, -0.1) is 11.3 Å². The first-order valence-electron chi connectivity index (χ1n) is 9.81. The molecule has 1 N–H and O–H groups in total. The molecule has 9 heteroatoms. The summed E-state index contributed by atoms with van der Waals surface area (Å²) >= 11 is 0.997. The molecule has 0 aliphatic carbocycles. The number of hydrogen-bond acceptors (Lipinski definition) is 6. The van der Waals surface area contributed by atoms with Crippen molar-refractivity contribution in [3.8, 4) is 0 Å². The van der Waals surface area contributed by atoms with Crippen LogP contribution in [0, 0.1) is 13.8 Å². The van der Waals surface area contributed by atoms with Crippen LogP contribution in [-0.2, 0) is 19.6 Å². The van der Waals surface area contributed by atoms with Gasteiger partial charge in [-0.3, -0.25) is 4.79 Å². The van der Waals surface area contributed by atoms with E-state index in [-0.39, 0.29) is 15.8 Å². The molecule has 1 fully saturated rings. The van der Waals surface area contributed by atoms with Gasteiger partial charge in [0.1, 0.15) is 9.77 Å². The fourth-order valence-electron chi connectivity index (χ4n) is 3.31. The highest BCUT2D eigenvalue weighted by Gasteiger charge is 2.32. The quantitative estimate of drug-likeness (QED) is 0.654. The third-order valence-corrected chi connectivity index (χ3v) is 8.20. The Bertz CT molecular complexity index is 1040. The van der Waals surface area contributed by atoms with Gasteiger partial charge in [0.15, 0.2) is 6.61 Å². The molecule has 0 spiro atoms. The zero-order valence-electron chi connectivity index (χ0n) is 17.3. The zero-order chi connectivity index (χ0) is 21.9. The van der Waals surface area contributed by atoms with Gasteiger partial charge in [-0.2, -0.15) is 4.31 Å². The molecule has 2 aromatic rings. The van der Waals surface area contributed by atoms with Gasteiger partial charge in [0.25, 0.3) is 5.91 Å². The first-order valence-corrected chi connectivity index (χ1v) is 12.1. The Kier molecular flexibility index (Phi) is 6.95. The van der Waals surface area contributed by atoms with Gasteiger partial charge in [0.2, 0.25) is 10.0 Å². The Morgan fingerprint density at radius 3 is 2.53 bits per heavy atom. The number of amides is 1. The van der Waals surface area contributed by atoms with Crippen LogP contribution in [0.25, 0.3) is 0 Å². The lowest BCUT2D eigenvalue weighted by Gasteiger charge is -2.16. The second kappa shape index (κ2) is 9.28. The predicted octanol–water partition coefficient (Wildman–Crippen LogP) is 3.18. The molecule has 1 aromatic carbocycles. The van der Waals surface area contributed by atoms with E-state index < -0.39 is 28.5 Å². The van der Waals surface area contributed by atoms with Crippen molar-refractivity contribution in [1.82, 2.24) is 9.62 Å². The van der Waals surface area contributed by atoms with E-state index in [1.54, 1.807) is 5.38 Å². The van der Waals surface area contributed by atoms with E-state index in [2.05, 4.69) is 5.32 Å². The largest absolute Gasteiger partial charge is 0.451 e. The SMILES string of the molecule is Cc1ccc(C(C)NC(=O)COC(=O)c2sccc2S(=O)(=O)N2CCCC2)cc1C. The number of esters is 1. The Labute approximate surface area is 181 Å². The summed E-state index contributed by atoms with van der Waals surface area (Å²) < 4.78 is 32.0. The van der Waals surface area contributed by atoms with Crippen molar-refractivity contribution < 1.29 is 22.7 Å². The maximum atomic E-state index is 12.8. The Morgan fingerprint density at radius 2 is 1.87 bits per heavy atom. The molecule has 1 aliphatic heterocycles. The molecule has 0 radical (unpaired) electrons. The highest BCUT2D eigenvalue weighted by atomic mass is 32.2. The molecule has 0 saturated carbocycles. The zero-order valence-corrected chi connectivity index (χ0v) is 18.9. The third kappa shape index (κ3) is 4.91. The maximum Gasteiger partial charge on any atom is 0.350 e. The highest BCUT2D eigenvalue weighted by Crippen LogP contribution is 2.28. The number of ether oxygens (including phenoxy) is 1. The van der Waals surface area contributed by atoms with E-state index in [0.717, 1.165) is 35.3 Å². The molecule has 1 atom stereocenters. The number of carbonyl (C=O) groups is 2. The highest BCUT2D eigenvalue weighted by molar-refractivity contribution is 7.89. The van der Waals surface area contributed by atoms with Crippen LogP contribution in [0.15, 0.2) is 34.5 Å². The molecule has 1 aliphatic rings. The minimum atomic E-state index is -3.73. The van der Waals surface area contributed by atoms with Crippen molar-refractivity contribution in [2.45, 2.75) is 44.6 Å². The lowest BCUT2D eigenvalue weighted by molar-refractivity contribution is -0.124. The van der Waals surface area contributed by atoms with Crippen molar-refractivity contribution >= 4 is 33.2 Å². The minimum absolute atomic E-state index is 0.00286. The Balaban J connectivity index is 1.60. The van der Waals surface area contributed by atoms with E-state index in [9.17, 15) is 18.0 Å². The summed E-state index contributed by atoms with van der Waals surface area (Å²) in [6.07, 6.45) is 1.62. The molecule has 7 nitrogen and oxygen atoms in total. The molecule has 1 aromatic heterocycles. The number of carbonyl (C=O) groups excluding carboxylic acids is 2. The summed E-state index contributed by atoms with van der Waals surface area (Å²) in [5.74, 6) is -1.26. The first kappa shape index (κ1) is 22.5. The first-order chi connectivity index (χ1) is 14.2. The number of benzene rings is 1. The minimum Gasteiger partial charge on any atom is -0.451 e. The van der Waals surface area contributed by atoms with E-state index >= 15 is 0 Å². The number of rotatable bonds is 7. The van der Waals surface area contributed by atoms with Crippen LogP contribution in [0.3, 0.4) is 0 Å². The van der Waals surface area contributed by atoms with E-state index in [4.69, 9.17) is 4.74 Å². The third-order valence-electron chi connectivity index (χ3n) is 5.24. The fraction of sp³-hybridized carbons (Fsp3) is 0.429. The lowest BCUT2D eigenvalue weighted by Crippen LogP contribution is -2.31. The van der Waals surface area contributed by atoms with Crippen LogP contribution in [0.4, 0.5) is 0 Å². The van der Waals surface area contributed by atoms with Gasteiger partial charge in [0.05, 0.1) is 6.04 Å². The second-order valence-corrected chi connectivity index (χ2v) is 10.3. The second-order valence-electron chi connectivity index (χ2n) is 7.43. The van der Waals surface area contributed by atoms with Crippen molar-refractivity contribution in [2.24, 2.45) is 0 Å². The smallest absolute Gasteiger partial charge is 0.350 e. The van der Waals surface area contributed by atoms with Gasteiger partial charge in [0, 0.05) is 13.1 Å². The van der Waals surface area contributed by atoms with Crippen molar-refractivity contribution in [3.05, 3.63) is 51.2 Å². The van der Waals surface area contributed by atoms with Gasteiger partial charge in [-0.1, -0.05) is 18.2 Å². The Morgan fingerprint density at radius 1 is 1.17 bits per heavy atom. The number of thiophene rings is 1. The van der Waals surface area contributed by atoms with Gasteiger partial charge >= 0.3 is 5.97 Å². The van der Waals surface area contributed by atoms with Crippen LogP contribution in [0.5, 0.6) is 0 Å². The molecule has 1 unspecified atom stereocenters. The van der Waals surface area contributed by atoms with E-state index in [1.807, 2.05) is 39.0 Å². The number of nitrogens with zero attached hydrogens (tertiary/aromatic N) is 1. The summed E-state index contributed by atoms with van der Waals surface area (Å²) in [6.45, 7) is 6.30. The molecule has 1 amide bonds. The molecular formula is C21H26N2O5S2. The van der Waals surface area contributed by atoms with E-state index in [0.29, 0.717) is 13.1 Å². The van der Waals surface area contributed by atoms with Crippen LogP contribution in [0.2, 0.25) is 0 Å². The van der Waals surface area contributed by atoms with Gasteiger partial charge < -0.3 is 10.1 Å². The number of sulfonamides is 1. The predicted molar refractivity (Wildman–Crippen MR) is 115 cm³/mol. The monoisotopic (exact) mass is 450 g/mol.